The molecule has 228 valence electrons. The average molecular weight is 606 g/mol. The first-order valence-electron chi connectivity index (χ1n) is 14.8. The molecular formula is C34H40ClN3O5. The zero-order valence-electron chi connectivity index (χ0n) is 25.0. The number of benzene rings is 2. The van der Waals surface area contributed by atoms with E-state index in [1.807, 2.05) is 56.3 Å². The zero-order valence-corrected chi connectivity index (χ0v) is 25.8. The summed E-state index contributed by atoms with van der Waals surface area (Å²) in [7, 11) is 0. The van der Waals surface area contributed by atoms with Crippen LogP contribution in [0.3, 0.4) is 0 Å². The molecule has 0 aromatic heterocycles. The van der Waals surface area contributed by atoms with Crippen molar-refractivity contribution in [3.63, 3.8) is 0 Å². The van der Waals surface area contributed by atoms with Crippen molar-refractivity contribution >= 4 is 35.0 Å². The molecule has 0 saturated carbocycles. The van der Waals surface area contributed by atoms with Gasteiger partial charge in [0.2, 0.25) is 11.8 Å². The van der Waals surface area contributed by atoms with Gasteiger partial charge in [0.25, 0.3) is 5.91 Å². The maximum absolute atomic E-state index is 14.8. The number of amides is 3. The molecule has 43 heavy (non-hydrogen) atoms. The van der Waals surface area contributed by atoms with Crippen molar-refractivity contribution in [2.24, 2.45) is 11.8 Å². The van der Waals surface area contributed by atoms with Gasteiger partial charge >= 0.3 is 0 Å². The number of carbonyl (C=O) groups excluding carboxylic acids is 3. The number of hydrogen-bond acceptors (Lipinski definition) is 5. The highest BCUT2D eigenvalue weighted by molar-refractivity contribution is 6.34. The van der Waals surface area contributed by atoms with Gasteiger partial charge in [0, 0.05) is 19.6 Å². The SMILES string of the molecule is C=CCN(Cc1ccccc1)C(=O)[C@@H]1[C@H]2C(=O)N([C@H](C)CO)C(C(=O)N(CC=C)c3c(C)cccc3Cl)C23CC[C@@]1(C)O3. The lowest BCUT2D eigenvalue weighted by molar-refractivity contribution is -0.152. The number of aliphatic hydroxyl groups excluding tert-OH is 1. The van der Waals surface area contributed by atoms with Crippen LogP contribution in [0.2, 0.25) is 5.02 Å². The third-order valence-corrected chi connectivity index (χ3v) is 9.67. The van der Waals surface area contributed by atoms with Gasteiger partial charge in [-0.3, -0.25) is 14.4 Å². The summed E-state index contributed by atoms with van der Waals surface area (Å²) in [4.78, 5) is 48.4. The summed E-state index contributed by atoms with van der Waals surface area (Å²) < 4.78 is 6.81. The van der Waals surface area contributed by atoms with E-state index in [9.17, 15) is 19.5 Å². The molecule has 2 aromatic carbocycles. The second kappa shape index (κ2) is 11.9. The number of anilines is 1. The Morgan fingerprint density at radius 2 is 1.81 bits per heavy atom. The largest absolute Gasteiger partial charge is 0.394 e. The van der Waals surface area contributed by atoms with Gasteiger partial charge in [0.15, 0.2) is 0 Å². The van der Waals surface area contributed by atoms with E-state index in [1.54, 1.807) is 34.9 Å². The Morgan fingerprint density at radius 3 is 2.44 bits per heavy atom. The van der Waals surface area contributed by atoms with Crippen LogP contribution in [0, 0.1) is 18.8 Å². The Labute approximate surface area is 258 Å². The summed E-state index contributed by atoms with van der Waals surface area (Å²) in [5.74, 6) is -2.63. The van der Waals surface area contributed by atoms with E-state index in [4.69, 9.17) is 16.3 Å². The Balaban J connectivity index is 1.59. The van der Waals surface area contributed by atoms with E-state index in [2.05, 4.69) is 13.2 Å². The van der Waals surface area contributed by atoms with Crippen molar-refractivity contribution in [3.05, 3.63) is 90.0 Å². The molecule has 2 aromatic rings. The highest BCUT2D eigenvalue weighted by Crippen LogP contribution is 2.64. The number of aryl methyl sites for hydroxylation is 1. The van der Waals surface area contributed by atoms with Crippen LogP contribution >= 0.6 is 11.6 Å². The van der Waals surface area contributed by atoms with E-state index >= 15 is 0 Å². The van der Waals surface area contributed by atoms with Gasteiger partial charge in [-0.1, -0.05) is 66.2 Å². The number of hydrogen-bond donors (Lipinski definition) is 1. The number of nitrogens with zero attached hydrogens (tertiary/aromatic N) is 3. The molecule has 2 bridgehead atoms. The molecule has 5 rings (SSSR count). The standard InChI is InChI=1S/C34H40ClN3O5/c1-6-18-36(20-24-13-9-8-10-14-24)30(40)26-27-31(41)38(23(4)21-39)29(34(27)17-16-33(26,5)43-34)32(42)37(19-7-2)28-22(3)12-11-15-25(28)35/h6-15,23,26-27,29,39H,1-2,16-21H2,3-5H3/t23-,26+,27+,29?,33-,34?/m1/s1. The number of ether oxygens (including phenoxy) is 1. The predicted octanol–water partition coefficient (Wildman–Crippen LogP) is 4.53. The Kier molecular flexibility index (Phi) is 8.58. The summed E-state index contributed by atoms with van der Waals surface area (Å²) in [6.45, 7) is 13.6. The first-order valence-corrected chi connectivity index (χ1v) is 15.2. The van der Waals surface area contributed by atoms with Gasteiger partial charge in [0.05, 0.1) is 40.8 Å². The molecule has 3 amide bonds. The molecule has 3 aliphatic heterocycles. The maximum Gasteiger partial charge on any atom is 0.253 e. The fourth-order valence-corrected chi connectivity index (χ4v) is 7.83. The summed E-state index contributed by atoms with van der Waals surface area (Å²) in [5.41, 5.74) is 0.0980. The van der Waals surface area contributed by atoms with Crippen molar-refractivity contribution in [2.45, 2.75) is 63.4 Å². The summed E-state index contributed by atoms with van der Waals surface area (Å²) in [5, 5.41) is 10.7. The number of rotatable bonds is 11. The van der Waals surface area contributed by atoms with Crippen LogP contribution in [-0.4, -0.2) is 75.6 Å². The fraction of sp³-hybridized carbons (Fsp3) is 0.441. The van der Waals surface area contributed by atoms with Gasteiger partial charge in [0.1, 0.15) is 11.6 Å². The van der Waals surface area contributed by atoms with Crippen molar-refractivity contribution in [1.29, 1.82) is 0 Å². The van der Waals surface area contributed by atoms with Gasteiger partial charge in [-0.2, -0.15) is 0 Å². The van der Waals surface area contributed by atoms with Crippen LogP contribution in [0.4, 0.5) is 5.69 Å². The van der Waals surface area contributed by atoms with Crippen molar-refractivity contribution in [1.82, 2.24) is 9.80 Å². The molecule has 3 aliphatic rings. The van der Waals surface area contributed by atoms with Crippen LogP contribution in [0.1, 0.15) is 37.8 Å². The van der Waals surface area contributed by atoms with Crippen LogP contribution in [0.15, 0.2) is 73.8 Å². The van der Waals surface area contributed by atoms with E-state index < -0.39 is 35.1 Å². The molecule has 9 heteroatoms. The van der Waals surface area contributed by atoms with E-state index in [0.29, 0.717) is 36.6 Å². The molecule has 0 radical (unpaired) electrons. The Bertz CT molecular complexity index is 1410. The highest BCUT2D eigenvalue weighted by atomic mass is 35.5. The normalized spacial score (nSPS) is 28.0. The molecule has 6 atom stereocenters. The lowest BCUT2D eigenvalue weighted by atomic mass is 9.66. The summed E-state index contributed by atoms with van der Waals surface area (Å²) in [6.07, 6.45) is 4.23. The smallest absolute Gasteiger partial charge is 0.253 e. The van der Waals surface area contributed by atoms with Gasteiger partial charge in [-0.05, 0) is 50.8 Å². The van der Waals surface area contributed by atoms with Gasteiger partial charge in [-0.25, -0.2) is 0 Å². The number of carbonyl (C=O) groups is 3. The lowest BCUT2D eigenvalue weighted by Gasteiger charge is -2.39. The molecule has 2 unspecified atom stereocenters. The monoisotopic (exact) mass is 605 g/mol. The van der Waals surface area contributed by atoms with Gasteiger partial charge in [-0.15, -0.1) is 13.2 Å². The molecule has 3 fully saturated rings. The molecule has 8 nitrogen and oxygen atoms in total. The second-order valence-electron chi connectivity index (χ2n) is 12.1. The second-order valence-corrected chi connectivity index (χ2v) is 12.5. The number of likely N-dealkylation sites (tertiary alicyclic amines) is 1. The zero-order chi connectivity index (χ0) is 31.1. The van der Waals surface area contributed by atoms with Crippen LogP contribution in [0.5, 0.6) is 0 Å². The first-order chi connectivity index (χ1) is 20.5. The van der Waals surface area contributed by atoms with Crippen LogP contribution < -0.4 is 4.90 Å². The molecule has 3 heterocycles. The van der Waals surface area contributed by atoms with Crippen molar-refractivity contribution in [2.75, 3.05) is 24.6 Å². The Morgan fingerprint density at radius 1 is 1.12 bits per heavy atom. The third-order valence-electron chi connectivity index (χ3n) is 9.37. The molecule has 1 spiro atoms. The third kappa shape index (κ3) is 4.99. The number of fused-ring (bicyclic) bond motifs is 1. The molecule has 0 aliphatic carbocycles. The van der Waals surface area contributed by atoms with Crippen molar-refractivity contribution < 1.29 is 24.2 Å². The number of para-hydroxylation sites is 1. The van der Waals surface area contributed by atoms with Crippen molar-refractivity contribution in [3.8, 4) is 0 Å². The minimum absolute atomic E-state index is 0.153. The average Bonchev–Trinajstić information content (AvgIpc) is 3.56. The predicted molar refractivity (Wildman–Crippen MR) is 166 cm³/mol. The maximum atomic E-state index is 14.8. The summed E-state index contributed by atoms with van der Waals surface area (Å²) in [6, 6.07) is 13.3. The number of halogens is 1. The van der Waals surface area contributed by atoms with Crippen LogP contribution in [-0.2, 0) is 25.7 Å². The Hall–Kier alpha value is -3.46. The topological polar surface area (TPSA) is 90.4 Å². The van der Waals surface area contributed by atoms with Crippen LogP contribution in [0.25, 0.3) is 0 Å². The van der Waals surface area contributed by atoms with E-state index in [0.717, 1.165) is 11.1 Å². The minimum atomic E-state index is -1.24. The van der Waals surface area contributed by atoms with E-state index in [1.165, 1.54) is 4.90 Å². The molecular weight excluding hydrogens is 566 g/mol. The number of aliphatic hydroxyl groups is 1. The molecule has 3 saturated heterocycles. The van der Waals surface area contributed by atoms with E-state index in [-0.39, 0.29) is 30.9 Å². The minimum Gasteiger partial charge on any atom is -0.394 e. The van der Waals surface area contributed by atoms with Gasteiger partial charge < -0.3 is 24.5 Å². The lowest BCUT2D eigenvalue weighted by Crippen LogP contribution is -2.58. The molecule has 1 N–H and O–H groups in total. The highest BCUT2D eigenvalue weighted by Gasteiger charge is 2.78. The fourth-order valence-electron chi connectivity index (χ4n) is 7.50. The first kappa shape index (κ1) is 31.0. The summed E-state index contributed by atoms with van der Waals surface area (Å²) >= 11 is 6.63. The quantitative estimate of drug-likeness (QED) is 0.380.